The van der Waals surface area contributed by atoms with Gasteiger partial charge < -0.3 is 20.9 Å². The maximum atomic E-state index is 5.60. The average molecular weight is 245 g/mol. The van der Waals surface area contributed by atoms with Crippen molar-refractivity contribution < 1.29 is 0 Å². The molecule has 5 heteroatoms. The van der Waals surface area contributed by atoms with Crippen LogP contribution >= 0.6 is 0 Å². The highest BCUT2D eigenvalue weighted by Crippen LogP contribution is 2.21. The first-order chi connectivity index (χ1) is 8.86. The summed E-state index contributed by atoms with van der Waals surface area (Å²) in [5.74, 6) is 0.847. The normalized spacial score (nSPS) is 17.1. The third-order valence-corrected chi connectivity index (χ3v) is 3.41. The summed E-state index contributed by atoms with van der Waals surface area (Å²) in [5, 5.41) is 3.42. The highest BCUT2D eigenvalue weighted by atomic mass is 15.2. The minimum Gasteiger partial charge on any atom is -0.370 e. The van der Waals surface area contributed by atoms with E-state index in [0.29, 0.717) is 6.54 Å². The zero-order chi connectivity index (χ0) is 12.4. The molecule has 2 heterocycles. The molecule has 1 aliphatic heterocycles. The van der Waals surface area contributed by atoms with E-state index in [0.717, 1.165) is 43.0 Å². The molecule has 5 nitrogen and oxygen atoms in total. The van der Waals surface area contributed by atoms with Gasteiger partial charge in [-0.05, 0) is 31.2 Å². The summed E-state index contributed by atoms with van der Waals surface area (Å²) in [6.07, 6.45) is 1.19. The van der Waals surface area contributed by atoms with Crippen molar-refractivity contribution in [1.82, 2.24) is 15.3 Å². The van der Waals surface area contributed by atoms with Gasteiger partial charge in [-0.3, -0.25) is 0 Å². The highest BCUT2D eigenvalue weighted by Gasteiger charge is 2.10. The van der Waals surface area contributed by atoms with Gasteiger partial charge in [-0.15, -0.1) is 0 Å². The van der Waals surface area contributed by atoms with Crippen LogP contribution in [0.15, 0.2) is 18.2 Å². The molecule has 96 valence electrons. The van der Waals surface area contributed by atoms with Gasteiger partial charge in [0.1, 0.15) is 5.82 Å². The maximum Gasteiger partial charge on any atom is 0.121 e. The number of aromatic amines is 1. The van der Waals surface area contributed by atoms with Gasteiger partial charge in [-0.25, -0.2) is 4.98 Å². The molecular weight excluding hydrogens is 226 g/mol. The number of aromatic nitrogens is 2. The number of nitrogens with two attached hydrogens (primary N) is 1. The summed E-state index contributed by atoms with van der Waals surface area (Å²) in [5.41, 5.74) is 8.93. The average Bonchev–Trinajstić information content (AvgIpc) is 2.62. The van der Waals surface area contributed by atoms with E-state index < -0.39 is 0 Å². The second-order valence-electron chi connectivity index (χ2n) is 4.68. The number of hydrogen-bond acceptors (Lipinski definition) is 4. The lowest BCUT2D eigenvalue weighted by molar-refractivity contribution is 0.724. The molecule has 1 saturated heterocycles. The first-order valence-corrected chi connectivity index (χ1v) is 6.51. The zero-order valence-electron chi connectivity index (χ0n) is 10.4. The Bertz CT molecular complexity index is 525. The number of imidazole rings is 1. The van der Waals surface area contributed by atoms with Crippen LogP contribution in [-0.4, -0.2) is 36.1 Å². The van der Waals surface area contributed by atoms with Crippen molar-refractivity contribution in [2.24, 2.45) is 5.73 Å². The minimum absolute atomic E-state index is 0.456. The SMILES string of the molecule is NCc1nc2ccc(N3CCCNCC3)cc2[nH]1. The number of nitrogens with zero attached hydrogens (tertiary/aromatic N) is 2. The molecule has 0 bridgehead atoms. The monoisotopic (exact) mass is 245 g/mol. The van der Waals surface area contributed by atoms with Crippen LogP contribution in [0, 0.1) is 0 Å². The van der Waals surface area contributed by atoms with Gasteiger partial charge >= 0.3 is 0 Å². The lowest BCUT2D eigenvalue weighted by Gasteiger charge is -2.22. The van der Waals surface area contributed by atoms with Crippen molar-refractivity contribution in [3.05, 3.63) is 24.0 Å². The number of rotatable bonds is 2. The molecule has 0 atom stereocenters. The Labute approximate surface area is 106 Å². The molecule has 1 aliphatic rings. The molecule has 2 aromatic rings. The standard InChI is InChI=1S/C13H19N5/c14-9-13-16-11-3-2-10(8-12(11)17-13)18-6-1-4-15-5-7-18/h2-3,8,15H,1,4-7,9,14H2,(H,16,17). The molecular formula is C13H19N5. The fourth-order valence-corrected chi connectivity index (χ4v) is 2.45. The predicted molar refractivity (Wildman–Crippen MR) is 73.7 cm³/mol. The lowest BCUT2D eigenvalue weighted by Crippen LogP contribution is -2.27. The molecule has 1 aromatic carbocycles. The van der Waals surface area contributed by atoms with Gasteiger partial charge in [0.05, 0.1) is 17.6 Å². The lowest BCUT2D eigenvalue weighted by atomic mass is 10.2. The van der Waals surface area contributed by atoms with Gasteiger partial charge in [0, 0.05) is 25.3 Å². The van der Waals surface area contributed by atoms with Crippen molar-refractivity contribution in [3.8, 4) is 0 Å². The van der Waals surface area contributed by atoms with Crippen LogP contribution in [0.3, 0.4) is 0 Å². The van der Waals surface area contributed by atoms with Crippen LogP contribution in [-0.2, 0) is 6.54 Å². The molecule has 0 amide bonds. The number of anilines is 1. The molecule has 18 heavy (non-hydrogen) atoms. The third-order valence-electron chi connectivity index (χ3n) is 3.41. The van der Waals surface area contributed by atoms with Gasteiger partial charge in [0.2, 0.25) is 0 Å². The van der Waals surface area contributed by atoms with Crippen molar-refractivity contribution >= 4 is 16.7 Å². The Balaban J connectivity index is 1.91. The van der Waals surface area contributed by atoms with Crippen LogP contribution < -0.4 is 16.0 Å². The fourth-order valence-electron chi connectivity index (χ4n) is 2.45. The van der Waals surface area contributed by atoms with Gasteiger partial charge in [0.15, 0.2) is 0 Å². The Hall–Kier alpha value is -1.59. The summed E-state index contributed by atoms with van der Waals surface area (Å²) in [4.78, 5) is 10.1. The van der Waals surface area contributed by atoms with Crippen LogP contribution in [0.5, 0.6) is 0 Å². The van der Waals surface area contributed by atoms with E-state index in [9.17, 15) is 0 Å². The maximum absolute atomic E-state index is 5.60. The quantitative estimate of drug-likeness (QED) is 0.732. The number of benzene rings is 1. The van der Waals surface area contributed by atoms with E-state index in [4.69, 9.17) is 5.73 Å². The third kappa shape index (κ3) is 2.19. The predicted octanol–water partition coefficient (Wildman–Crippen LogP) is 0.821. The molecule has 0 radical (unpaired) electrons. The Morgan fingerprint density at radius 3 is 3.11 bits per heavy atom. The highest BCUT2D eigenvalue weighted by molar-refractivity contribution is 5.79. The molecule has 1 fully saturated rings. The van der Waals surface area contributed by atoms with Crippen LogP contribution in [0.1, 0.15) is 12.2 Å². The summed E-state index contributed by atoms with van der Waals surface area (Å²) < 4.78 is 0. The topological polar surface area (TPSA) is 70.0 Å². The number of H-pyrrole nitrogens is 1. The largest absolute Gasteiger partial charge is 0.370 e. The first-order valence-electron chi connectivity index (χ1n) is 6.51. The van der Waals surface area contributed by atoms with Crippen molar-refractivity contribution in [2.45, 2.75) is 13.0 Å². The molecule has 3 rings (SSSR count). The summed E-state index contributed by atoms with van der Waals surface area (Å²) >= 11 is 0. The van der Waals surface area contributed by atoms with Crippen molar-refractivity contribution in [3.63, 3.8) is 0 Å². The Morgan fingerprint density at radius 1 is 1.28 bits per heavy atom. The number of nitrogens with one attached hydrogen (secondary N) is 2. The van der Waals surface area contributed by atoms with E-state index in [1.807, 2.05) is 0 Å². The molecule has 0 aliphatic carbocycles. The molecule has 4 N–H and O–H groups in total. The van der Waals surface area contributed by atoms with Crippen molar-refractivity contribution in [1.29, 1.82) is 0 Å². The summed E-state index contributed by atoms with van der Waals surface area (Å²) in [7, 11) is 0. The van der Waals surface area contributed by atoms with E-state index in [2.05, 4.69) is 38.4 Å². The van der Waals surface area contributed by atoms with E-state index in [1.54, 1.807) is 0 Å². The van der Waals surface area contributed by atoms with Crippen LogP contribution in [0.25, 0.3) is 11.0 Å². The Morgan fingerprint density at radius 2 is 2.22 bits per heavy atom. The van der Waals surface area contributed by atoms with E-state index in [-0.39, 0.29) is 0 Å². The number of hydrogen-bond donors (Lipinski definition) is 3. The summed E-state index contributed by atoms with van der Waals surface area (Å²) in [6.45, 7) is 4.78. The second-order valence-corrected chi connectivity index (χ2v) is 4.68. The van der Waals surface area contributed by atoms with Crippen LogP contribution in [0.2, 0.25) is 0 Å². The molecule has 0 unspecified atom stereocenters. The minimum atomic E-state index is 0.456. The van der Waals surface area contributed by atoms with Gasteiger partial charge in [0.25, 0.3) is 0 Å². The van der Waals surface area contributed by atoms with E-state index in [1.165, 1.54) is 12.1 Å². The van der Waals surface area contributed by atoms with Crippen LogP contribution in [0.4, 0.5) is 5.69 Å². The first kappa shape index (κ1) is 11.5. The summed E-state index contributed by atoms with van der Waals surface area (Å²) in [6, 6.07) is 6.39. The second kappa shape index (κ2) is 4.96. The van der Waals surface area contributed by atoms with Gasteiger partial charge in [-0.2, -0.15) is 0 Å². The number of fused-ring (bicyclic) bond motifs is 1. The van der Waals surface area contributed by atoms with E-state index >= 15 is 0 Å². The molecule has 0 spiro atoms. The van der Waals surface area contributed by atoms with Gasteiger partial charge in [-0.1, -0.05) is 0 Å². The molecule has 1 aromatic heterocycles. The Kier molecular flexibility index (Phi) is 3.17. The zero-order valence-corrected chi connectivity index (χ0v) is 10.4. The fraction of sp³-hybridized carbons (Fsp3) is 0.462. The van der Waals surface area contributed by atoms with Crippen molar-refractivity contribution in [2.75, 3.05) is 31.1 Å². The molecule has 0 saturated carbocycles. The smallest absolute Gasteiger partial charge is 0.121 e.